The molecule has 4 heteroatoms. The summed E-state index contributed by atoms with van der Waals surface area (Å²) in [5.74, 6) is 0.433. The lowest BCUT2D eigenvalue weighted by Gasteiger charge is -2.41. The predicted molar refractivity (Wildman–Crippen MR) is 68.2 cm³/mol. The van der Waals surface area contributed by atoms with E-state index in [4.69, 9.17) is 11.6 Å². The second-order valence-electron chi connectivity index (χ2n) is 4.36. The van der Waals surface area contributed by atoms with Gasteiger partial charge in [-0.15, -0.1) is 11.6 Å². The number of hydrogen-bond donors (Lipinski definition) is 1. The van der Waals surface area contributed by atoms with Crippen molar-refractivity contribution in [3.05, 3.63) is 34.1 Å². The van der Waals surface area contributed by atoms with Gasteiger partial charge in [0.25, 0.3) is 0 Å². The zero-order valence-electron chi connectivity index (χ0n) is 8.90. The van der Waals surface area contributed by atoms with E-state index in [2.05, 4.69) is 21.2 Å². The third-order valence-electron chi connectivity index (χ3n) is 3.23. The van der Waals surface area contributed by atoms with Crippen LogP contribution in [0.4, 0.5) is 4.39 Å². The number of nitrogens with one attached hydrogen (secondary N) is 1. The molecule has 1 N–H and O–H groups in total. The average Bonchev–Trinajstić information content (AvgIpc) is 2.22. The number of rotatable bonds is 4. The van der Waals surface area contributed by atoms with Gasteiger partial charge in [-0.3, -0.25) is 0 Å². The lowest BCUT2D eigenvalue weighted by molar-refractivity contribution is 0.210. The van der Waals surface area contributed by atoms with Crippen molar-refractivity contribution >= 4 is 27.5 Å². The molecule has 1 aliphatic carbocycles. The third-order valence-corrected chi connectivity index (χ3v) is 4.23. The van der Waals surface area contributed by atoms with E-state index < -0.39 is 0 Å². The highest BCUT2D eigenvalue weighted by Crippen LogP contribution is 2.33. The summed E-state index contributed by atoms with van der Waals surface area (Å²) in [6.45, 7) is 0.540. The van der Waals surface area contributed by atoms with Crippen LogP contribution < -0.4 is 5.32 Å². The van der Waals surface area contributed by atoms with E-state index in [1.54, 1.807) is 6.07 Å². The van der Waals surface area contributed by atoms with Gasteiger partial charge in [0.15, 0.2) is 0 Å². The Bertz CT molecular complexity index is 374. The fraction of sp³-hybridized carbons (Fsp3) is 0.500. The largest absolute Gasteiger partial charge is 0.306 e. The quantitative estimate of drug-likeness (QED) is 0.834. The summed E-state index contributed by atoms with van der Waals surface area (Å²) in [5, 5.41) is 3.37. The average molecular weight is 307 g/mol. The minimum atomic E-state index is -0.167. The van der Waals surface area contributed by atoms with Crippen molar-refractivity contribution < 1.29 is 4.39 Å². The molecular formula is C12H14BrClFN. The van der Waals surface area contributed by atoms with Crippen LogP contribution in [0.3, 0.4) is 0 Å². The minimum Gasteiger partial charge on any atom is -0.306 e. The van der Waals surface area contributed by atoms with Gasteiger partial charge < -0.3 is 5.32 Å². The fourth-order valence-corrected chi connectivity index (χ4v) is 2.69. The van der Waals surface area contributed by atoms with Gasteiger partial charge in [-0.25, -0.2) is 4.39 Å². The van der Waals surface area contributed by atoms with E-state index in [0.29, 0.717) is 18.0 Å². The molecule has 0 spiro atoms. The summed E-state index contributed by atoms with van der Waals surface area (Å²) < 4.78 is 14.4. The van der Waals surface area contributed by atoms with Crippen molar-refractivity contribution in [2.24, 2.45) is 0 Å². The summed E-state index contributed by atoms with van der Waals surface area (Å²) in [5.41, 5.74) is 0.724. The van der Waals surface area contributed by atoms with Crippen LogP contribution in [0, 0.1) is 5.82 Å². The zero-order chi connectivity index (χ0) is 11.6. The third kappa shape index (κ3) is 2.58. The number of hydrogen-bond acceptors (Lipinski definition) is 1. The van der Waals surface area contributed by atoms with Gasteiger partial charge in [-0.2, -0.15) is 0 Å². The van der Waals surface area contributed by atoms with Crippen molar-refractivity contribution in [2.45, 2.75) is 31.3 Å². The Kier molecular flexibility index (Phi) is 3.88. The van der Waals surface area contributed by atoms with Crippen LogP contribution >= 0.6 is 27.5 Å². The summed E-state index contributed by atoms with van der Waals surface area (Å²) in [7, 11) is 0. The van der Waals surface area contributed by atoms with E-state index in [9.17, 15) is 4.39 Å². The van der Waals surface area contributed by atoms with Crippen LogP contribution in [0.2, 0.25) is 0 Å². The van der Waals surface area contributed by atoms with Crippen LogP contribution in [0.1, 0.15) is 24.8 Å². The second kappa shape index (κ2) is 5.03. The highest BCUT2D eigenvalue weighted by molar-refractivity contribution is 9.10. The molecule has 0 bridgehead atoms. The van der Waals surface area contributed by atoms with Crippen molar-refractivity contribution in [1.82, 2.24) is 5.32 Å². The highest BCUT2D eigenvalue weighted by atomic mass is 79.9. The zero-order valence-corrected chi connectivity index (χ0v) is 11.2. The minimum absolute atomic E-state index is 0.0380. The molecule has 0 aliphatic heterocycles. The van der Waals surface area contributed by atoms with Gasteiger partial charge in [0.2, 0.25) is 0 Å². The van der Waals surface area contributed by atoms with Crippen LogP contribution in [-0.4, -0.2) is 11.4 Å². The van der Waals surface area contributed by atoms with Gasteiger partial charge in [0, 0.05) is 28.0 Å². The molecule has 16 heavy (non-hydrogen) atoms. The van der Waals surface area contributed by atoms with Crippen LogP contribution in [0.15, 0.2) is 22.7 Å². The summed E-state index contributed by atoms with van der Waals surface area (Å²) in [4.78, 5) is 0. The first-order valence-corrected chi connectivity index (χ1v) is 6.73. The first kappa shape index (κ1) is 12.3. The molecule has 88 valence electrons. The Hall–Kier alpha value is -0.120. The molecule has 0 amide bonds. The number of alkyl halides is 1. The molecule has 0 heterocycles. The lowest BCUT2D eigenvalue weighted by atomic mass is 9.78. The van der Waals surface area contributed by atoms with Crippen molar-refractivity contribution in [1.29, 1.82) is 0 Å². The first-order valence-electron chi connectivity index (χ1n) is 5.40. The maximum absolute atomic E-state index is 13.5. The Balaban J connectivity index is 2.01. The molecule has 1 aromatic rings. The molecule has 0 radical (unpaired) electrons. The normalized spacial score (nSPS) is 18.2. The fourth-order valence-electron chi connectivity index (χ4n) is 1.92. The predicted octanol–water partition coefficient (Wildman–Crippen LogP) is 3.84. The van der Waals surface area contributed by atoms with E-state index in [1.165, 1.54) is 12.5 Å². The Morgan fingerprint density at radius 1 is 1.44 bits per heavy atom. The van der Waals surface area contributed by atoms with Gasteiger partial charge in [0.1, 0.15) is 5.82 Å². The summed E-state index contributed by atoms with van der Waals surface area (Å²) >= 11 is 9.28. The van der Waals surface area contributed by atoms with Crippen molar-refractivity contribution in [3.8, 4) is 0 Å². The standard InChI is InChI=1S/C12H14BrClFN/c13-10-2-3-11(15)9(6-10)7-16-12(8-14)4-1-5-12/h2-3,6,16H,1,4-5,7-8H2. The lowest BCUT2D eigenvalue weighted by Crippen LogP contribution is -2.52. The Morgan fingerprint density at radius 2 is 2.19 bits per heavy atom. The maximum atomic E-state index is 13.5. The molecular weight excluding hydrogens is 292 g/mol. The van der Waals surface area contributed by atoms with Gasteiger partial charge in [-0.05, 0) is 37.5 Å². The maximum Gasteiger partial charge on any atom is 0.127 e. The van der Waals surface area contributed by atoms with Crippen LogP contribution in [0.25, 0.3) is 0 Å². The Morgan fingerprint density at radius 3 is 2.75 bits per heavy atom. The molecule has 1 fully saturated rings. The van der Waals surface area contributed by atoms with E-state index >= 15 is 0 Å². The first-order chi connectivity index (χ1) is 7.65. The summed E-state index contributed by atoms with van der Waals surface area (Å²) in [6, 6.07) is 5.00. The topological polar surface area (TPSA) is 12.0 Å². The molecule has 0 saturated heterocycles. The molecule has 0 aromatic heterocycles. The smallest absolute Gasteiger partial charge is 0.127 e. The molecule has 1 aromatic carbocycles. The second-order valence-corrected chi connectivity index (χ2v) is 5.54. The molecule has 0 atom stereocenters. The van der Waals surface area contributed by atoms with E-state index in [1.807, 2.05) is 6.07 Å². The van der Waals surface area contributed by atoms with Crippen LogP contribution in [0.5, 0.6) is 0 Å². The molecule has 1 nitrogen and oxygen atoms in total. The van der Waals surface area contributed by atoms with Gasteiger partial charge >= 0.3 is 0 Å². The Labute approximate surface area is 109 Å². The number of benzene rings is 1. The van der Waals surface area contributed by atoms with E-state index in [-0.39, 0.29) is 11.4 Å². The molecule has 2 rings (SSSR count). The van der Waals surface area contributed by atoms with Crippen LogP contribution in [-0.2, 0) is 6.54 Å². The SMILES string of the molecule is Fc1ccc(Br)cc1CNC1(CCl)CCC1. The summed E-state index contributed by atoms with van der Waals surface area (Å²) in [6.07, 6.45) is 3.39. The molecule has 0 unspecified atom stereocenters. The van der Waals surface area contributed by atoms with Crippen molar-refractivity contribution in [2.75, 3.05) is 5.88 Å². The van der Waals surface area contributed by atoms with Gasteiger partial charge in [-0.1, -0.05) is 15.9 Å². The van der Waals surface area contributed by atoms with Crippen molar-refractivity contribution in [3.63, 3.8) is 0 Å². The highest BCUT2D eigenvalue weighted by Gasteiger charge is 2.35. The monoisotopic (exact) mass is 305 g/mol. The van der Waals surface area contributed by atoms with Gasteiger partial charge in [0.05, 0.1) is 0 Å². The molecule has 1 saturated carbocycles. The van der Waals surface area contributed by atoms with E-state index in [0.717, 1.165) is 17.3 Å². The number of halogens is 3. The molecule has 1 aliphatic rings.